The summed E-state index contributed by atoms with van der Waals surface area (Å²) < 4.78 is 0. The van der Waals surface area contributed by atoms with Crippen molar-refractivity contribution in [1.82, 2.24) is 5.32 Å². The molecule has 0 amide bonds. The average molecular weight is 204 g/mol. The maximum Gasteiger partial charge on any atom is 0.226 e. The van der Waals surface area contributed by atoms with Crippen LogP contribution in [0.3, 0.4) is 0 Å². The molecule has 0 atom stereocenters. The van der Waals surface area contributed by atoms with Crippen LogP contribution in [-0.2, 0) is 4.84 Å². The Labute approximate surface area is 90.4 Å². The van der Waals surface area contributed by atoms with E-state index in [1.165, 1.54) is 0 Å². The molecule has 0 fully saturated rings. The Kier molecular flexibility index (Phi) is 4.41. The predicted molar refractivity (Wildman–Crippen MR) is 63.3 cm³/mol. The molecule has 0 heterocycles. The second-order valence-electron chi connectivity index (χ2n) is 3.03. The zero-order valence-corrected chi connectivity index (χ0v) is 9.32. The van der Waals surface area contributed by atoms with Crippen molar-refractivity contribution < 1.29 is 4.84 Å². The van der Waals surface area contributed by atoms with Crippen LogP contribution in [0.2, 0.25) is 0 Å². The molecule has 0 bridgehead atoms. The van der Waals surface area contributed by atoms with Crippen molar-refractivity contribution in [2.45, 2.75) is 13.8 Å². The Morgan fingerprint density at radius 3 is 2.53 bits per heavy atom. The van der Waals surface area contributed by atoms with Crippen molar-refractivity contribution in [1.29, 1.82) is 0 Å². The van der Waals surface area contributed by atoms with Gasteiger partial charge in [-0.05, 0) is 19.4 Å². The van der Waals surface area contributed by atoms with Gasteiger partial charge >= 0.3 is 0 Å². The van der Waals surface area contributed by atoms with Crippen molar-refractivity contribution in [3.63, 3.8) is 0 Å². The second-order valence-corrected chi connectivity index (χ2v) is 3.03. The van der Waals surface area contributed by atoms with Gasteiger partial charge in [0.25, 0.3) is 0 Å². The lowest BCUT2D eigenvalue weighted by Gasteiger charge is -2.08. The Morgan fingerprint density at radius 2 is 2.00 bits per heavy atom. The number of hydrogen-bond donors (Lipinski definition) is 1. The Bertz CT molecular complexity index is 355. The number of benzene rings is 1. The number of oxime groups is 1. The first-order valence-electron chi connectivity index (χ1n) is 4.88. The summed E-state index contributed by atoms with van der Waals surface area (Å²) in [6.45, 7) is 3.80. The third-order valence-corrected chi connectivity index (χ3v) is 2.02. The highest BCUT2D eigenvalue weighted by atomic mass is 16.6. The van der Waals surface area contributed by atoms with Crippen molar-refractivity contribution in [3.8, 4) is 0 Å². The standard InChI is InChI=1S/C12H16N2O/c1-4-14-15-12(13-3)10(2)11-8-6-5-7-9-11/h4-9,13H,1-3H3/b12-10+,14-4-. The van der Waals surface area contributed by atoms with Gasteiger partial charge in [-0.2, -0.15) is 0 Å². The largest absolute Gasteiger partial charge is 0.357 e. The van der Waals surface area contributed by atoms with Crippen LogP contribution in [0, 0.1) is 0 Å². The van der Waals surface area contributed by atoms with Crippen molar-refractivity contribution in [2.75, 3.05) is 7.05 Å². The molecule has 0 aliphatic rings. The zero-order chi connectivity index (χ0) is 11.1. The van der Waals surface area contributed by atoms with Crippen LogP contribution < -0.4 is 5.32 Å². The summed E-state index contributed by atoms with van der Waals surface area (Å²) in [5.74, 6) is 0.666. The van der Waals surface area contributed by atoms with E-state index in [1.807, 2.05) is 51.2 Å². The molecular weight excluding hydrogens is 188 g/mol. The number of rotatable bonds is 4. The van der Waals surface area contributed by atoms with E-state index in [1.54, 1.807) is 6.21 Å². The molecule has 0 radical (unpaired) electrons. The van der Waals surface area contributed by atoms with Crippen LogP contribution in [0.5, 0.6) is 0 Å². The lowest BCUT2D eigenvalue weighted by atomic mass is 10.1. The molecule has 1 aromatic carbocycles. The first kappa shape index (κ1) is 11.3. The van der Waals surface area contributed by atoms with Gasteiger partial charge in [-0.3, -0.25) is 0 Å². The molecule has 0 aliphatic carbocycles. The van der Waals surface area contributed by atoms with Gasteiger partial charge in [0.2, 0.25) is 5.88 Å². The van der Waals surface area contributed by atoms with E-state index in [0.717, 1.165) is 11.1 Å². The molecule has 0 spiro atoms. The molecule has 0 saturated heterocycles. The summed E-state index contributed by atoms with van der Waals surface area (Å²) in [7, 11) is 1.81. The lowest BCUT2D eigenvalue weighted by molar-refractivity contribution is 0.212. The lowest BCUT2D eigenvalue weighted by Crippen LogP contribution is -2.09. The molecule has 3 heteroatoms. The van der Waals surface area contributed by atoms with Gasteiger partial charge in [0.15, 0.2) is 0 Å². The molecular formula is C12H16N2O. The van der Waals surface area contributed by atoms with E-state index in [4.69, 9.17) is 4.84 Å². The Morgan fingerprint density at radius 1 is 1.33 bits per heavy atom. The summed E-state index contributed by atoms with van der Waals surface area (Å²) in [5, 5.41) is 6.72. The molecule has 0 unspecified atom stereocenters. The molecule has 0 aromatic heterocycles. The van der Waals surface area contributed by atoms with Gasteiger partial charge in [0, 0.05) is 18.8 Å². The van der Waals surface area contributed by atoms with Gasteiger partial charge in [-0.25, -0.2) is 0 Å². The molecule has 15 heavy (non-hydrogen) atoms. The fraction of sp³-hybridized carbons (Fsp3) is 0.250. The minimum Gasteiger partial charge on any atom is -0.357 e. The summed E-state index contributed by atoms with van der Waals surface area (Å²) in [5.41, 5.74) is 2.15. The monoisotopic (exact) mass is 204 g/mol. The van der Waals surface area contributed by atoms with Crippen molar-refractivity contribution >= 4 is 11.8 Å². The van der Waals surface area contributed by atoms with E-state index < -0.39 is 0 Å². The second kappa shape index (κ2) is 5.86. The SMILES string of the molecule is C/C=N\O/C(NC)=C(\C)c1ccccc1. The normalized spacial score (nSPS) is 12.5. The quantitative estimate of drug-likeness (QED) is 0.464. The first-order chi connectivity index (χ1) is 7.29. The maximum atomic E-state index is 5.19. The van der Waals surface area contributed by atoms with Gasteiger partial charge < -0.3 is 10.2 Å². The fourth-order valence-electron chi connectivity index (χ4n) is 1.23. The Balaban J connectivity index is 2.95. The predicted octanol–water partition coefficient (Wildman–Crippen LogP) is 2.62. The van der Waals surface area contributed by atoms with Crippen LogP contribution >= 0.6 is 0 Å². The summed E-state index contributed by atoms with van der Waals surface area (Å²) in [6.07, 6.45) is 1.61. The number of hydrogen-bond acceptors (Lipinski definition) is 3. The van der Waals surface area contributed by atoms with Gasteiger partial charge in [0.1, 0.15) is 0 Å². The molecule has 0 aliphatic heterocycles. The Hall–Kier alpha value is -1.77. The van der Waals surface area contributed by atoms with E-state index in [9.17, 15) is 0 Å². The molecule has 1 N–H and O–H groups in total. The highest BCUT2D eigenvalue weighted by molar-refractivity contribution is 5.65. The molecule has 80 valence electrons. The van der Waals surface area contributed by atoms with Gasteiger partial charge in [0.05, 0.1) is 0 Å². The van der Waals surface area contributed by atoms with Crippen LogP contribution in [0.1, 0.15) is 19.4 Å². The first-order valence-corrected chi connectivity index (χ1v) is 4.88. The molecule has 1 aromatic rings. The summed E-state index contributed by atoms with van der Waals surface area (Å²) in [4.78, 5) is 5.19. The van der Waals surface area contributed by atoms with Crippen LogP contribution in [0.4, 0.5) is 0 Å². The van der Waals surface area contributed by atoms with E-state index >= 15 is 0 Å². The van der Waals surface area contributed by atoms with E-state index in [2.05, 4.69) is 10.5 Å². The minimum absolute atomic E-state index is 0.666. The van der Waals surface area contributed by atoms with Crippen molar-refractivity contribution in [3.05, 3.63) is 41.8 Å². The number of nitrogens with one attached hydrogen (secondary N) is 1. The summed E-state index contributed by atoms with van der Waals surface area (Å²) >= 11 is 0. The number of allylic oxidation sites excluding steroid dienone is 1. The third-order valence-electron chi connectivity index (χ3n) is 2.02. The van der Waals surface area contributed by atoms with Gasteiger partial charge in [-0.1, -0.05) is 35.5 Å². The summed E-state index contributed by atoms with van der Waals surface area (Å²) in [6, 6.07) is 10.0. The van der Waals surface area contributed by atoms with E-state index in [0.29, 0.717) is 5.88 Å². The van der Waals surface area contributed by atoms with Crippen LogP contribution in [0.15, 0.2) is 41.4 Å². The van der Waals surface area contributed by atoms with Crippen LogP contribution in [-0.4, -0.2) is 13.3 Å². The molecule has 0 saturated carbocycles. The van der Waals surface area contributed by atoms with Crippen LogP contribution in [0.25, 0.3) is 5.57 Å². The number of nitrogens with zero attached hydrogens (tertiary/aromatic N) is 1. The smallest absolute Gasteiger partial charge is 0.226 e. The van der Waals surface area contributed by atoms with Gasteiger partial charge in [-0.15, -0.1) is 0 Å². The zero-order valence-electron chi connectivity index (χ0n) is 9.32. The molecule has 3 nitrogen and oxygen atoms in total. The van der Waals surface area contributed by atoms with E-state index in [-0.39, 0.29) is 0 Å². The highest BCUT2D eigenvalue weighted by Crippen LogP contribution is 2.16. The highest BCUT2D eigenvalue weighted by Gasteiger charge is 2.03. The topological polar surface area (TPSA) is 33.6 Å². The molecule has 1 rings (SSSR count). The third kappa shape index (κ3) is 3.13. The maximum absolute atomic E-state index is 5.19. The fourth-order valence-corrected chi connectivity index (χ4v) is 1.23. The average Bonchev–Trinajstić information content (AvgIpc) is 2.31. The van der Waals surface area contributed by atoms with Crippen molar-refractivity contribution in [2.24, 2.45) is 5.16 Å². The minimum atomic E-state index is 0.666.